The summed E-state index contributed by atoms with van der Waals surface area (Å²) in [6.45, 7) is 0. The third-order valence-corrected chi connectivity index (χ3v) is 1.80. The van der Waals surface area contributed by atoms with Crippen molar-refractivity contribution in [3.8, 4) is 10.8 Å². The Kier molecular flexibility index (Phi) is 1.57. The maximum atomic E-state index is 4.02. The van der Waals surface area contributed by atoms with E-state index in [4.69, 9.17) is 0 Å². The molecule has 2 rings (SSSR count). The Labute approximate surface area is 67.0 Å². The van der Waals surface area contributed by atoms with Gasteiger partial charge in [-0.05, 0) is 6.07 Å². The van der Waals surface area contributed by atoms with E-state index in [1.54, 1.807) is 24.0 Å². The third-order valence-electron chi connectivity index (χ3n) is 1.12. The molecule has 0 saturated carbocycles. The minimum atomic E-state index is 0.634. The number of hydrogen-bond donors (Lipinski definition) is 0. The average Bonchev–Trinajstić information content (AvgIpc) is 2.58. The van der Waals surface area contributed by atoms with Gasteiger partial charge in [-0.1, -0.05) is 11.3 Å². The van der Waals surface area contributed by atoms with E-state index in [-0.39, 0.29) is 0 Å². The molecule has 0 aliphatic carbocycles. The van der Waals surface area contributed by atoms with Gasteiger partial charge in [0.1, 0.15) is 5.51 Å². The molecule has 0 aromatic carbocycles. The van der Waals surface area contributed by atoms with E-state index in [1.165, 1.54) is 11.3 Å². The van der Waals surface area contributed by atoms with Gasteiger partial charge in [0.2, 0.25) is 0 Å². The summed E-state index contributed by atoms with van der Waals surface area (Å²) in [5.74, 6) is 0.634. The second-order valence-electron chi connectivity index (χ2n) is 1.82. The highest BCUT2D eigenvalue weighted by molar-refractivity contribution is 7.12. The Morgan fingerprint density at radius 3 is 2.64 bits per heavy atom. The Morgan fingerprint density at radius 1 is 1.18 bits per heavy atom. The van der Waals surface area contributed by atoms with Crippen LogP contribution in [0.2, 0.25) is 0 Å². The quantitative estimate of drug-likeness (QED) is 0.630. The first-order valence-electron chi connectivity index (χ1n) is 3.00. The maximum Gasteiger partial charge on any atom is 0.190 e. The normalized spacial score (nSPS) is 9.82. The maximum absolute atomic E-state index is 4.02. The van der Waals surface area contributed by atoms with Crippen molar-refractivity contribution in [2.24, 2.45) is 0 Å². The second kappa shape index (κ2) is 2.71. The molecule has 0 aliphatic heterocycles. The molecule has 0 spiro atoms. The minimum Gasteiger partial charge on any atom is -0.234 e. The van der Waals surface area contributed by atoms with E-state index < -0.39 is 0 Å². The topological polar surface area (TPSA) is 51.6 Å². The summed E-state index contributed by atoms with van der Waals surface area (Å²) in [5, 5.41) is 8.27. The van der Waals surface area contributed by atoms with Crippen LogP contribution in [0.5, 0.6) is 0 Å². The van der Waals surface area contributed by atoms with Crippen molar-refractivity contribution in [2.75, 3.05) is 0 Å². The highest BCUT2D eigenvalue weighted by Gasteiger charge is 2.01. The minimum absolute atomic E-state index is 0.634. The van der Waals surface area contributed by atoms with E-state index in [0.29, 0.717) is 5.82 Å². The zero-order valence-electron chi connectivity index (χ0n) is 5.51. The molecular formula is C6H4N4S. The number of nitrogens with zero attached hydrogens (tertiary/aromatic N) is 4. The predicted octanol–water partition coefficient (Wildman–Crippen LogP) is 0.995. The van der Waals surface area contributed by atoms with Gasteiger partial charge in [-0.2, -0.15) is 0 Å². The number of rotatable bonds is 1. The fourth-order valence-electron chi connectivity index (χ4n) is 0.680. The van der Waals surface area contributed by atoms with E-state index in [2.05, 4.69) is 20.2 Å². The van der Waals surface area contributed by atoms with E-state index in [9.17, 15) is 0 Å². The van der Waals surface area contributed by atoms with Gasteiger partial charge >= 0.3 is 0 Å². The van der Waals surface area contributed by atoms with Crippen molar-refractivity contribution in [3.63, 3.8) is 0 Å². The molecule has 5 heteroatoms. The molecule has 4 nitrogen and oxygen atoms in total. The third kappa shape index (κ3) is 1.22. The van der Waals surface area contributed by atoms with Gasteiger partial charge in [0.05, 0.1) is 0 Å². The summed E-state index contributed by atoms with van der Waals surface area (Å²) < 4.78 is 0. The van der Waals surface area contributed by atoms with Gasteiger partial charge < -0.3 is 0 Å². The Hall–Kier alpha value is -1.36. The van der Waals surface area contributed by atoms with Crippen molar-refractivity contribution < 1.29 is 0 Å². The fourth-order valence-corrected chi connectivity index (χ4v) is 1.18. The zero-order valence-corrected chi connectivity index (χ0v) is 6.32. The van der Waals surface area contributed by atoms with Crippen LogP contribution in [0.4, 0.5) is 0 Å². The molecule has 2 aromatic heterocycles. The lowest BCUT2D eigenvalue weighted by Crippen LogP contribution is -1.84. The lowest BCUT2D eigenvalue weighted by atomic mass is 10.6. The van der Waals surface area contributed by atoms with Crippen molar-refractivity contribution in [2.45, 2.75) is 0 Å². The van der Waals surface area contributed by atoms with E-state index in [0.717, 1.165) is 5.01 Å². The number of aromatic nitrogens is 4. The van der Waals surface area contributed by atoms with E-state index >= 15 is 0 Å². The van der Waals surface area contributed by atoms with E-state index in [1.807, 2.05) is 0 Å². The van der Waals surface area contributed by atoms with Crippen molar-refractivity contribution in [1.82, 2.24) is 20.2 Å². The van der Waals surface area contributed by atoms with Crippen LogP contribution in [0, 0.1) is 0 Å². The van der Waals surface area contributed by atoms with Crippen LogP contribution in [-0.4, -0.2) is 20.2 Å². The zero-order chi connectivity index (χ0) is 7.52. The lowest BCUT2D eigenvalue weighted by molar-refractivity contribution is 1.06. The molecule has 2 heterocycles. The molecule has 0 amide bonds. The molecule has 0 atom stereocenters. The van der Waals surface area contributed by atoms with Crippen LogP contribution in [0.15, 0.2) is 24.0 Å². The standard InChI is InChI=1S/C6H4N4S/c1-2-7-5(8-3-1)6-10-9-4-11-6/h1-4H. The van der Waals surface area contributed by atoms with Crippen molar-refractivity contribution in [1.29, 1.82) is 0 Å². The van der Waals surface area contributed by atoms with Gasteiger partial charge in [0, 0.05) is 12.4 Å². The van der Waals surface area contributed by atoms with Crippen molar-refractivity contribution in [3.05, 3.63) is 24.0 Å². The molecule has 2 aromatic rings. The first-order valence-corrected chi connectivity index (χ1v) is 3.88. The fraction of sp³-hybridized carbons (Fsp3) is 0. The first-order chi connectivity index (χ1) is 5.47. The van der Waals surface area contributed by atoms with Gasteiger partial charge in [-0.3, -0.25) is 0 Å². The van der Waals surface area contributed by atoms with Crippen LogP contribution in [0.1, 0.15) is 0 Å². The van der Waals surface area contributed by atoms with Gasteiger partial charge in [0.15, 0.2) is 10.8 Å². The summed E-state index contributed by atoms with van der Waals surface area (Å²) in [6.07, 6.45) is 3.37. The van der Waals surface area contributed by atoms with Crippen LogP contribution in [0.3, 0.4) is 0 Å². The molecule has 11 heavy (non-hydrogen) atoms. The SMILES string of the molecule is c1cnc(-c2nncs2)nc1. The van der Waals surface area contributed by atoms with Gasteiger partial charge in [0.25, 0.3) is 0 Å². The molecule has 0 saturated heterocycles. The summed E-state index contributed by atoms with van der Waals surface area (Å²) in [5.41, 5.74) is 1.66. The van der Waals surface area contributed by atoms with Crippen LogP contribution in [-0.2, 0) is 0 Å². The second-order valence-corrected chi connectivity index (χ2v) is 2.65. The average molecular weight is 164 g/mol. The van der Waals surface area contributed by atoms with Gasteiger partial charge in [-0.25, -0.2) is 9.97 Å². The molecule has 0 fully saturated rings. The molecule has 0 radical (unpaired) electrons. The first kappa shape index (κ1) is 6.36. The highest BCUT2D eigenvalue weighted by Crippen LogP contribution is 2.13. The van der Waals surface area contributed by atoms with Gasteiger partial charge in [-0.15, -0.1) is 10.2 Å². The predicted molar refractivity (Wildman–Crippen MR) is 40.9 cm³/mol. The summed E-state index contributed by atoms with van der Waals surface area (Å²) in [7, 11) is 0. The lowest BCUT2D eigenvalue weighted by Gasteiger charge is -1.88. The summed E-state index contributed by atoms with van der Waals surface area (Å²) >= 11 is 1.43. The molecule has 0 N–H and O–H groups in total. The molecule has 54 valence electrons. The molecule has 0 unspecified atom stereocenters. The Balaban J connectivity index is 2.46. The summed E-state index contributed by atoms with van der Waals surface area (Å²) in [4.78, 5) is 8.04. The van der Waals surface area contributed by atoms with Crippen LogP contribution in [0.25, 0.3) is 10.8 Å². The number of hydrogen-bond acceptors (Lipinski definition) is 5. The molecule has 0 aliphatic rings. The molecule has 0 bridgehead atoms. The Bertz CT molecular complexity index is 318. The van der Waals surface area contributed by atoms with Crippen LogP contribution < -0.4 is 0 Å². The van der Waals surface area contributed by atoms with Crippen molar-refractivity contribution >= 4 is 11.3 Å². The largest absolute Gasteiger partial charge is 0.234 e. The molecular weight excluding hydrogens is 160 g/mol. The summed E-state index contributed by atoms with van der Waals surface area (Å²) in [6, 6.07) is 1.77. The Morgan fingerprint density at radius 2 is 2.00 bits per heavy atom. The highest BCUT2D eigenvalue weighted by atomic mass is 32.1. The van der Waals surface area contributed by atoms with Crippen LogP contribution >= 0.6 is 11.3 Å². The smallest absolute Gasteiger partial charge is 0.190 e. The monoisotopic (exact) mass is 164 g/mol.